The Morgan fingerprint density at radius 3 is 1.92 bits per heavy atom. The van der Waals surface area contributed by atoms with Crippen molar-refractivity contribution in [2.75, 3.05) is 11.5 Å². The zero-order chi connectivity index (χ0) is 8.67. The van der Waals surface area contributed by atoms with Gasteiger partial charge in [0.15, 0.2) is 0 Å². The third kappa shape index (κ3) is 2.59. The summed E-state index contributed by atoms with van der Waals surface area (Å²) in [6.45, 7) is 0. The van der Waals surface area contributed by atoms with E-state index in [9.17, 15) is 0 Å². The Kier molecular flexibility index (Phi) is 2.55. The summed E-state index contributed by atoms with van der Waals surface area (Å²) in [5.74, 6) is 2.84. The Bertz CT molecular complexity index is 271. The first-order valence-electron chi connectivity index (χ1n) is 4.71. The second-order valence-corrected chi connectivity index (χ2v) is 8.98. The van der Waals surface area contributed by atoms with Crippen molar-refractivity contribution < 1.29 is 0 Å². The average molecular weight is 275 g/mol. The molecule has 13 heavy (non-hydrogen) atoms. The quantitative estimate of drug-likeness (QED) is 0.609. The van der Waals surface area contributed by atoms with Gasteiger partial charge in [-0.15, -0.1) is 0 Å². The van der Waals surface area contributed by atoms with Crippen LogP contribution in [0, 0.1) is 0 Å². The maximum atomic E-state index is 2.40. The van der Waals surface area contributed by atoms with Gasteiger partial charge in [-0.05, 0) is 0 Å². The molecule has 3 heteroatoms. The van der Waals surface area contributed by atoms with Crippen LogP contribution in [0.1, 0.15) is 8.87 Å². The van der Waals surface area contributed by atoms with Crippen molar-refractivity contribution in [1.82, 2.24) is 0 Å². The van der Waals surface area contributed by atoms with Crippen LogP contribution in [0.15, 0.2) is 12.1 Å². The molecule has 3 heterocycles. The van der Waals surface area contributed by atoms with Gasteiger partial charge in [0.25, 0.3) is 0 Å². The monoisotopic (exact) mass is 276 g/mol. The van der Waals surface area contributed by atoms with Crippen LogP contribution in [0.3, 0.4) is 0 Å². The van der Waals surface area contributed by atoms with Gasteiger partial charge in [-0.3, -0.25) is 0 Å². The summed E-state index contributed by atoms with van der Waals surface area (Å²) in [6.07, 6.45) is 2.78. The van der Waals surface area contributed by atoms with E-state index >= 15 is 0 Å². The van der Waals surface area contributed by atoms with Crippen LogP contribution >= 0.6 is 23.5 Å². The molecular formula is C10H12S2Se. The summed E-state index contributed by atoms with van der Waals surface area (Å²) in [4.78, 5) is 0. The summed E-state index contributed by atoms with van der Waals surface area (Å²) in [5, 5.41) is 1.99. The first kappa shape index (κ1) is 8.96. The van der Waals surface area contributed by atoms with Gasteiger partial charge < -0.3 is 0 Å². The summed E-state index contributed by atoms with van der Waals surface area (Å²) in [7, 11) is 0. The van der Waals surface area contributed by atoms with Crippen molar-refractivity contribution in [3.63, 3.8) is 0 Å². The van der Waals surface area contributed by atoms with Crippen molar-refractivity contribution >= 4 is 38.0 Å². The summed E-state index contributed by atoms with van der Waals surface area (Å²) < 4.78 is 3.51. The van der Waals surface area contributed by atoms with Crippen molar-refractivity contribution in [2.24, 2.45) is 0 Å². The van der Waals surface area contributed by atoms with Crippen LogP contribution in [-0.2, 0) is 12.8 Å². The van der Waals surface area contributed by atoms with Crippen LogP contribution in [0.25, 0.3) is 0 Å². The number of hydrogen-bond donors (Lipinski definition) is 0. The Morgan fingerprint density at radius 1 is 1.08 bits per heavy atom. The Hall–Kier alpha value is 0.699. The fourth-order valence-electron chi connectivity index (χ4n) is 1.46. The van der Waals surface area contributed by atoms with Crippen LogP contribution < -0.4 is 0 Å². The molecule has 2 aliphatic rings. The molecule has 0 nitrogen and oxygen atoms in total. The maximum absolute atomic E-state index is 2.40. The molecule has 0 radical (unpaired) electrons. The van der Waals surface area contributed by atoms with E-state index in [4.69, 9.17) is 0 Å². The average Bonchev–Trinajstić information content (AvgIpc) is 2.96. The summed E-state index contributed by atoms with van der Waals surface area (Å²) >= 11 is 4.99. The van der Waals surface area contributed by atoms with E-state index in [1.807, 2.05) is 0 Å². The minimum atomic E-state index is 0.742. The molecule has 0 amide bonds. The van der Waals surface area contributed by atoms with Crippen LogP contribution in [-0.4, -0.2) is 36.5 Å². The van der Waals surface area contributed by atoms with E-state index in [0.717, 1.165) is 25.0 Å². The molecule has 2 atom stereocenters. The summed E-state index contributed by atoms with van der Waals surface area (Å²) in [6, 6.07) is 4.81. The van der Waals surface area contributed by atoms with E-state index in [2.05, 4.69) is 35.7 Å². The Labute approximate surface area is 93.6 Å². The second-order valence-electron chi connectivity index (χ2n) is 3.69. The number of thioether (sulfide) groups is 2. The van der Waals surface area contributed by atoms with Gasteiger partial charge in [-0.2, -0.15) is 0 Å². The molecule has 2 saturated heterocycles. The standard InChI is InChI=1S/C10H12S2Se/c1-2-10(4-8-6-12-8)13-9(1)3-7-5-11-7/h1-2,7-8H,3-6H2. The van der Waals surface area contributed by atoms with Crippen LogP contribution in [0.5, 0.6) is 0 Å². The van der Waals surface area contributed by atoms with Crippen molar-refractivity contribution in [2.45, 2.75) is 23.3 Å². The molecular weight excluding hydrogens is 263 g/mol. The van der Waals surface area contributed by atoms with Crippen molar-refractivity contribution in [3.05, 3.63) is 21.0 Å². The fourth-order valence-corrected chi connectivity index (χ4v) is 5.51. The third-order valence-electron chi connectivity index (χ3n) is 2.38. The molecule has 0 aliphatic carbocycles. The van der Waals surface area contributed by atoms with E-state index in [0.29, 0.717) is 0 Å². The fraction of sp³-hybridized carbons (Fsp3) is 0.600. The number of hydrogen-bond acceptors (Lipinski definition) is 2. The van der Waals surface area contributed by atoms with Crippen LogP contribution in [0.4, 0.5) is 0 Å². The molecule has 0 saturated carbocycles. The zero-order valence-electron chi connectivity index (χ0n) is 7.36. The Balaban J connectivity index is 1.62. The third-order valence-corrected chi connectivity index (χ3v) is 6.69. The molecule has 2 fully saturated rings. The van der Waals surface area contributed by atoms with E-state index in [-0.39, 0.29) is 0 Å². The van der Waals surface area contributed by atoms with E-state index < -0.39 is 0 Å². The zero-order valence-corrected chi connectivity index (χ0v) is 10.7. The predicted octanol–water partition coefficient (Wildman–Crippen LogP) is 2.06. The van der Waals surface area contributed by atoms with E-state index in [1.165, 1.54) is 24.3 Å². The molecule has 1 aromatic rings. The molecule has 70 valence electrons. The predicted molar refractivity (Wildman–Crippen MR) is 63.3 cm³/mol. The second kappa shape index (κ2) is 3.69. The van der Waals surface area contributed by atoms with Gasteiger partial charge in [0, 0.05) is 0 Å². The normalized spacial score (nSPS) is 30.5. The van der Waals surface area contributed by atoms with E-state index in [1.54, 1.807) is 8.87 Å². The van der Waals surface area contributed by atoms with Crippen molar-refractivity contribution in [1.29, 1.82) is 0 Å². The molecule has 2 unspecified atom stereocenters. The SMILES string of the molecule is c1cc(CC2CS2)[se]c1CC1CS1. The first-order chi connectivity index (χ1) is 6.40. The minimum absolute atomic E-state index is 0.742. The van der Waals surface area contributed by atoms with Gasteiger partial charge in [0.2, 0.25) is 0 Å². The molecule has 1 aromatic heterocycles. The molecule has 2 aliphatic heterocycles. The van der Waals surface area contributed by atoms with Gasteiger partial charge in [-0.1, -0.05) is 0 Å². The number of rotatable bonds is 4. The topological polar surface area (TPSA) is 0 Å². The van der Waals surface area contributed by atoms with Gasteiger partial charge in [-0.25, -0.2) is 0 Å². The molecule has 0 bridgehead atoms. The first-order valence-corrected chi connectivity index (χ1v) is 8.52. The molecule has 0 spiro atoms. The molecule has 3 rings (SSSR count). The molecule has 0 N–H and O–H groups in total. The van der Waals surface area contributed by atoms with Crippen LogP contribution in [0.2, 0.25) is 0 Å². The van der Waals surface area contributed by atoms with Gasteiger partial charge in [0.05, 0.1) is 0 Å². The Morgan fingerprint density at radius 2 is 1.54 bits per heavy atom. The van der Waals surface area contributed by atoms with Crippen molar-refractivity contribution in [3.8, 4) is 0 Å². The molecule has 0 aromatic carbocycles. The summed E-state index contributed by atoms with van der Waals surface area (Å²) in [5.41, 5.74) is 0. The van der Waals surface area contributed by atoms with Gasteiger partial charge >= 0.3 is 93.9 Å². The van der Waals surface area contributed by atoms with Gasteiger partial charge in [0.1, 0.15) is 0 Å².